The molecule has 0 saturated carbocycles. The van der Waals surface area contributed by atoms with Gasteiger partial charge in [-0.25, -0.2) is 8.42 Å². The molecule has 1 N–H and O–H groups in total. The van der Waals surface area contributed by atoms with E-state index in [-0.39, 0.29) is 34.6 Å². The molecule has 0 aliphatic carbocycles. The van der Waals surface area contributed by atoms with Crippen LogP contribution in [0.25, 0.3) is 0 Å². The zero-order valence-electron chi connectivity index (χ0n) is 16.8. The van der Waals surface area contributed by atoms with E-state index in [1.165, 1.54) is 40.7 Å². The highest BCUT2D eigenvalue weighted by Gasteiger charge is 2.32. The maximum absolute atomic E-state index is 12.9. The summed E-state index contributed by atoms with van der Waals surface area (Å²) in [6, 6.07) is 10.0. The number of benzene rings is 2. The number of anilines is 1. The summed E-state index contributed by atoms with van der Waals surface area (Å²) in [7, 11) is -3.75. The molecule has 0 radical (unpaired) electrons. The van der Waals surface area contributed by atoms with Crippen LogP contribution in [0.4, 0.5) is 11.4 Å². The largest absolute Gasteiger partial charge is 0.492 e. The number of carbonyl (C=O) groups excluding carboxylic acids is 1. The summed E-state index contributed by atoms with van der Waals surface area (Å²) >= 11 is 6.12. The molecule has 1 heterocycles. The average Bonchev–Trinajstić information content (AvgIpc) is 2.75. The Morgan fingerprint density at radius 3 is 2.58 bits per heavy atom. The Morgan fingerprint density at radius 2 is 1.97 bits per heavy atom. The highest BCUT2D eigenvalue weighted by atomic mass is 35.5. The summed E-state index contributed by atoms with van der Waals surface area (Å²) in [4.78, 5) is 22.9. The predicted molar refractivity (Wildman–Crippen MR) is 116 cm³/mol. The van der Waals surface area contributed by atoms with Gasteiger partial charge in [-0.3, -0.25) is 14.9 Å². The first kappa shape index (κ1) is 23.0. The molecular weight excluding hydrogens is 446 g/mol. The van der Waals surface area contributed by atoms with Crippen molar-refractivity contribution < 1.29 is 22.9 Å². The van der Waals surface area contributed by atoms with E-state index >= 15 is 0 Å². The second-order valence-electron chi connectivity index (χ2n) is 7.00. The maximum Gasteiger partial charge on any atom is 0.271 e. The Kier molecular flexibility index (Phi) is 7.14. The molecule has 1 aliphatic rings. The minimum Gasteiger partial charge on any atom is -0.492 e. The fourth-order valence-electron chi connectivity index (χ4n) is 3.36. The molecule has 1 saturated heterocycles. The molecule has 0 aromatic heterocycles. The zero-order valence-corrected chi connectivity index (χ0v) is 18.4. The summed E-state index contributed by atoms with van der Waals surface area (Å²) in [5.41, 5.74) is 0.214. The van der Waals surface area contributed by atoms with Crippen LogP contribution in [0, 0.1) is 16.0 Å². The molecule has 166 valence electrons. The smallest absolute Gasteiger partial charge is 0.271 e. The molecule has 9 nitrogen and oxygen atoms in total. The molecule has 0 spiro atoms. The van der Waals surface area contributed by atoms with E-state index in [9.17, 15) is 23.3 Å². The van der Waals surface area contributed by atoms with Gasteiger partial charge in [0.2, 0.25) is 15.9 Å². The van der Waals surface area contributed by atoms with E-state index in [2.05, 4.69) is 5.32 Å². The molecule has 1 aliphatic heterocycles. The Bertz CT molecular complexity index is 1080. The van der Waals surface area contributed by atoms with Crippen molar-refractivity contribution in [1.29, 1.82) is 0 Å². The van der Waals surface area contributed by atoms with Crippen molar-refractivity contribution in [3.8, 4) is 5.75 Å². The third kappa shape index (κ3) is 5.33. The lowest BCUT2D eigenvalue weighted by atomic mass is 9.97. The van der Waals surface area contributed by atoms with Crippen LogP contribution in [-0.2, 0) is 14.8 Å². The van der Waals surface area contributed by atoms with E-state index in [1.54, 1.807) is 13.0 Å². The van der Waals surface area contributed by atoms with Crippen LogP contribution >= 0.6 is 11.6 Å². The summed E-state index contributed by atoms with van der Waals surface area (Å²) < 4.78 is 32.5. The molecule has 0 unspecified atom stereocenters. The number of piperidine rings is 1. The summed E-state index contributed by atoms with van der Waals surface area (Å²) in [6.45, 7) is 2.58. The van der Waals surface area contributed by atoms with Crippen molar-refractivity contribution >= 4 is 38.9 Å². The monoisotopic (exact) mass is 467 g/mol. The fourth-order valence-corrected chi connectivity index (χ4v) is 5.16. The Labute approximate surface area is 185 Å². The topological polar surface area (TPSA) is 119 Å². The Morgan fingerprint density at radius 1 is 1.26 bits per heavy atom. The lowest BCUT2D eigenvalue weighted by Gasteiger charge is -2.30. The molecule has 0 atom stereocenters. The van der Waals surface area contributed by atoms with Crippen LogP contribution in [0.1, 0.15) is 19.8 Å². The number of rotatable bonds is 7. The lowest BCUT2D eigenvalue weighted by Crippen LogP contribution is -2.41. The van der Waals surface area contributed by atoms with Gasteiger partial charge in [-0.05, 0) is 44.0 Å². The normalized spacial score (nSPS) is 15.4. The van der Waals surface area contributed by atoms with Crippen LogP contribution in [-0.4, -0.2) is 43.2 Å². The highest BCUT2D eigenvalue weighted by molar-refractivity contribution is 7.89. The van der Waals surface area contributed by atoms with Crippen LogP contribution in [0.3, 0.4) is 0 Å². The molecule has 1 fully saturated rings. The van der Waals surface area contributed by atoms with Crippen molar-refractivity contribution in [3.05, 3.63) is 57.6 Å². The SMILES string of the molecule is CCOc1ccc(S(=O)(=O)N2CCC(C(=O)Nc3cccc([N+](=O)[O-])c3)CC2)cc1Cl. The number of nitro benzene ring substituents is 1. The molecule has 31 heavy (non-hydrogen) atoms. The standard InChI is InChI=1S/C20H22ClN3O6S/c1-2-30-19-7-6-17(13-18(19)21)31(28,29)23-10-8-14(9-11-23)20(25)22-15-4-3-5-16(12-15)24(26)27/h3-7,12-14H,2,8-11H2,1H3,(H,22,25). The number of halogens is 1. The molecule has 1 amide bonds. The first-order chi connectivity index (χ1) is 14.7. The summed E-state index contributed by atoms with van der Waals surface area (Å²) in [5.74, 6) is -0.268. The first-order valence-electron chi connectivity index (χ1n) is 9.70. The van der Waals surface area contributed by atoms with Crippen molar-refractivity contribution in [2.24, 2.45) is 5.92 Å². The van der Waals surface area contributed by atoms with E-state index in [0.717, 1.165) is 0 Å². The number of nitro groups is 1. The van der Waals surface area contributed by atoms with Gasteiger partial charge in [-0.15, -0.1) is 0 Å². The quantitative estimate of drug-likeness (QED) is 0.490. The van der Waals surface area contributed by atoms with Gasteiger partial charge in [-0.1, -0.05) is 17.7 Å². The number of nitrogens with zero attached hydrogens (tertiary/aromatic N) is 2. The minimum absolute atomic E-state index is 0.0699. The molecule has 2 aromatic carbocycles. The Hall–Kier alpha value is -2.69. The number of ether oxygens (including phenoxy) is 1. The van der Waals surface area contributed by atoms with Gasteiger partial charge >= 0.3 is 0 Å². The van der Waals surface area contributed by atoms with Crippen LogP contribution in [0.5, 0.6) is 5.75 Å². The molecule has 3 rings (SSSR count). The third-order valence-corrected chi connectivity index (χ3v) is 7.18. The van der Waals surface area contributed by atoms with Crippen molar-refractivity contribution in [3.63, 3.8) is 0 Å². The lowest BCUT2D eigenvalue weighted by molar-refractivity contribution is -0.384. The number of amides is 1. The predicted octanol–water partition coefficient (Wildman–Crippen LogP) is 3.69. The average molecular weight is 468 g/mol. The van der Waals surface area contributed by atoms with E-state index in [0.29, 0.717) is 30.9 Å². The number of carbonyl (C=O) groups is 1. The van der Waals surface area contributed by atoms with E-state index in [4.69, 9.17) is 16.3 Å². The van der Waals surface area contributed by atoms with Crippen LogP contribution < -0.4 is 10.1 Å². The number of nitrogens with one attached hydrogen (secondary N) is 1. The van der Waals surface area contributed by atoms with Gasteiger partial charge in [0.15, 0.2) is 0 Å². The fraction of sp³-hybridized carbons (Fsp3) is 0.350. The number of hydrogen-bond acceptors (Lipinski definition) is 6. The van der Waals surface area contributed by atoms with Gasteiger partial charge in [-0.2, -0.15) is 4.31 Å². The van der Waals surface area contributed by atoms with Crippen molar-refractivity contribution in [1.82, 2.24) is 4.31 Å². The van der Waals surface area contributed by atoms with Gasteiger partial charge in [0, 0.05) is 36.8 Å². The molecule has 0 bridgehead atoms. The summed E-state index contributed by atoms with van der Waals surface area (Å²) in [6.07, 6.45) is 0.676. The van der Waals surface area contributed by atoms with Crippen molar-refractivity contribution in [2.75, 3.05) is 25.0 Å². The summed E-state index contributed by atoms with van der Waals surface area (Å²) in [5, 5.41) is 13.8. The van der Waals surface area contributed by atoms with Gasteiger partial charge < -0.3 is 10.1 Å². The maximum atomic E-state index is 12.9. The van der Waals surface area contributed by atoms with E-state index in [1.807, 2.05) is 0 Å². The first-order valence-corrected chi connectivity index (χ1v) is 11.5. The van der Waals surface area contributed by atoms with E-state index < -0.39 is 20.9 Å². The van der Waals surface area contributed by atoms with Crippen LogP contribution in [0.15, 0.2) is 47.4 Å². The second-order valence-corrected chi connectivity index (χ2v) is 9.35. The van der Waals surface area contributed by atoms with Gasteiger partial charge in [0.25, 0.3) is 5.69 Å². The second kappa shape index (κ2) is 9.63. The molecular formula is C20H22ClN3O6S. The van der Waals surface area contributed by atoms with Gasteiger partial charge in [0.05, 0.1) is 21.4 Å². The van der Waals surface area contributed by atoms with Crippen LogP contribution in [0.2, 0.25) is 5.02 Å². The molecule has 11 heteroatoms. The molecule has 2 aromatic rings. The highest BCUT2D eigenvalue weighted by Crippen LogP contribution is 2.30. The van der Waals surface area contributed by atoms with Crippen molar-refractivity contribution in [2.45, 2.75) is 24.7 Å². The number of hydrogen-bond donors (Lipinski definition) is 1. The third-order valence-electron chi connectivity index (χ3n) is 4.99. The minimum atomic E-state index is -3.75. The van der Waals surface area contributed by atoms with Gasteiger partial charge in [0.1, 0.15) is 5.75 Å². The zero-order chi connectivity index (χ0) is 22.6. The number of non-ortho nitro benzene ring substituents is 1. The Balaban J connectivity index is 1.63. The number of sulfonamides is 1.